The van der Waals surface area contributed by atoms with Crippen LogP contribution in [-0.4, -0.2) is 25.6 Å². The first-order chi connectivity index (χ1) is 13.0. The number of halogens is 1. The summed E-state index contributed by atoms with van der Waals surface area (Å²) in [4.78, 5) is 5.03. The van der Waals surface area contributed by atoms with E-state index in [1.807, 2.05) is 37.3 Å². The van der Waals surface area contributed by atoms with Crippen molar-refractivity contribution in [3.8, 4) is 11.5 Å². The van der Waals surface area contributed by atoms with E-state index < -0.39 is 0 Å². The second kappa shape index (κ2) is 8.66. The fraction of sp³-hybridized carbons (Fsp3) is 0.409. The van der Waals surface area contributed by atoms with E-state index >= 15 is 0 Å². The van der Waals surface area contributed by atoms with Gasteiger partial charge in [0.05, 0.1) is 31.4 Å². The van der Waals surface area contributed by atoms with Gasteiger partial charge in [-0.3, -0.25) is 4.99 Å². The van der Waals surface area contributed by atoms with Gasteiger partial charge >= 0.3 is 0 Å². The van der Waals surface area contributed by atoms with Crippen LogP contribution in [0.3, 0.4) is 0 Å². The van der Waals surface area contributed by atoms with Crippen molar-refractivity contribution in [3.63, 3.8) is 0 Å². The Balaban J connectivity index is 1.98. The van der Waals surface area contributed by atoms with Crippen LogP contribution in [0.4, 0.5) is 0 Å². The van der Waals surface area contributed by atoms with Gasteiger partial charge in [0.1, 0.15) is 17.3 Å². The Morgan fingerprint density at radius 1 is 1.15 bits per heavy atom. The minimum absolute atomic E-state index is 0.0521. The van der Waals surface area contributed by atoms with Gasteiger partial charge in [-0.25, -0.2) is 0 Å². The third kappa shape index (κ3) is 4.56. The summed E-state index contributed by atoms with van der Waals surface area (Å²) in [5.74, 6) is 2.98. The molecule has 27 heavy (non-hydrogen) atoms. The molecule has 1 aliphatic heterocycles. The summed E-state index contributed by atoms with van der Waals surface area (Å²) in [5, 5.41) is 4.37. The molecule has 1 aliphatic rings. The number of rotatable bonds is 7. The van der Waals surface area contributed by atoms with Gasteiger partial charge < -0.3 is 14.8 Å². The van der Waals surface area contributed by atoms with Crippen LogP contribution >= 0.6 is 11.6 Å². The number of amidine groups is 1. The van der Waals surface area contributed by atoms with Crippen LogP contribution in [0.15, 0.2) is 47.5 Å². The van der Waals surface area contributed by atoms with Crippen molar-refractivity contribution < 1.29 is 9.47 Å². The Kier molecular flexibility index (Phi) is 6.27. The topological polar surface area (TPSA) is 42.9 Å². The standard InChI is InChI=1S/C22H27ClN2O2/c1-5-27-20-13-17(26-4)10-11-18(20)22-24-19(12-14(2)3)21(25-22)15-6-8-16(23)9-7-15/h6-11,13-14,19,21H,5,12H2,1-4H3,(H,24,25)/t19?,21-/m0/s1. The Labute approximate surface area is 166 Å². The molecule has 144 valence electrons. The molecule has 1 N–H and O–H groups in total. The molecule has 2 atom stereocenters. The Bertz CT molecular complexity index is 802. The lowest BCUT2D eigenvalue weighted by atomic mass is 9.94. The monoisotopic (exact) mass is 386 g/mol. The smallest absolute Gasteiger partial charge is 0.133 e. The average molecular weight is 387 g/mol. The van der Waals surface area contributed by atoms with E-state index in [0.29, 0.717) is 12.5 Å². The first-order valence-electron chi connectivity index (χ1n) is 9.42. The van der Waals surface area contributed by atoms with Gasteiger partial charge in [0.2, 0.25) is 0 Å². The molecule has 0 fully saturated rings. The SMILES string of the molecule is CCOc1cc(OC)ccc1C1=N[C@@H](c2ccc(Cl)cc2)C(CC(C)C)N1. The normalized spacial score (nSPS) is 19.0. The highest BCUT2D eigenvalue weighted by atomic mass is 35.5. The molecular formula is C22H27ClN2O2. The van der Waals surface area contributed by atoms with E-state index in [9.17, 15) is 0 Å². The van der Waals surface area contributed by atoms with E-state index in [1.165, 1.54) is 5.56 Å². The van der Waals surface area contributed by atoms with Crippen molar-refractivity contribution in [1.82, 2.24) is 5.32 Å². The molecule has 0 spiro atoms. The first kappa shape index (κ1) is 19.6. The highest BCUT2D eigenvalue weighted by Crippen LogP contribution is 2.34. The molecule has 4 nitrogen and oxygen atoms in total. The molecule has 3 rings (SSSR count). The molecule has 0 bridgehead atoms. The minimum Gasteiger partial charge on any atom is -0.497 e. The highest BCUT2D eigenvalue weighted by Gasteiger charge is 2.32. The maximum absolute atomic E-state index is 6.07. The summed E-state index contributed by atoms with van der Waals surface area (Å²) >= 11 is 6.07. The molecule has 0 aliphatic carbocycles. The molecule has 0 saturated carbocycles. The lowest BCUT2D eigenvalue weighted by Crippen LogP contribution is -2.33. The number of nitrogens with one attached hydrogen (secondary N) is 1. The van der Waals surface area contributed by atoms with Crippen molar-refractivity contribution >= 4 is 17.4 Å². The number of ether oxygens (including phenoxy) is 2. The third-order valence-corrected chi connectivity index (χ3v) is 4.90. The van der Waals surface area contributed by atoms with E-state index in [2.05, 4.69) is 31.3 Å². The Morgan fingerprint density at radius 2 is 1.89 bits per heavy atom. The summed E-state index contributed by atoms with van der Waals surface area (Å²) in [7, 11) is 1.66. The van der Waals surface area contributed by atoms with Crippen LogP contribution in [0.2, 0.25) is 5.02 Å². The third-order valence-electron chi connectivity index (χ3n) is 4.65. The maximum Gasteiger partial charge on any atom is 0.133 e. The second-order valence-electron chi connectivity index (χ2n) is 7.15. The van der Waals surface area contributed by atoms with E-state index in [-0.39, 0.29) is 12.1 Å². The lowest BCUT2D eigenvalue weighted by molar-refractivity contribution is 0.335. The zero-order valence-corrected chi connectivity index (χ0v) is 17.1. The highest BCUT2D eigenvalue weighted by molar-refractivity contribution is 6.30. The molecule has 0 radical (unpaired) electrons. The molecule has 0 aromatic heterocycles. The number of benzene rings is 2. The first-order valence-corrected chi connectivity index (χ1v) is 9.80. The fourth-order valence-electron chi connectivity index (χ4n) is 3.43. The number of methoxy groups -OCH3 is 1. The Morgan fingerprint density at radius 3 is 2.52 bits per heavy atom. The molecule has 1 heterocycles. The maximum atomic E-state index is 6.07. The predicted molar refractivity (Wildman–Crippen MR) is 111 cm³/mol. The van der Waals surface area contributed by atoms with Gasteiger partial charge in [-0.2, -0.15) is 0 Å². The van der Waals surface area contributed by atoms with Gasteiger partial charge in [0.15, 0.2) is 0 Å². The van der Waals surface area contributed by atoms with E-state index in [1.54, 1.807) is 7.11 Å². The number of nitrogens with zero attached hydrogens (tertiary/aromatic N) is 1. The molecular weight excluding hydrogens is 360 g/mol. The van der Waals surface area contributed by atoms with Crippen LogP contribution in [0.25, 0.3) is 0 Å². The van der Waals surface area contributed by atoms with Gasteiger partial charge in [-0.05, 0) is 49.1 Å². The number of aliphatic imine (C=N–C) groups is 1. The summed E-state index contributed by atoms with van der Waals surface area (Å²) in [6, 6.07) is 14.1. The molecule has 2 aromatic carbocycles. The van der Waals surface area contributed by atoms with Crippen molar-refractivity contribution in [3.05, 3.63) is 58.6 Å². The molecule has 0 saturated heterocycles. The van der Waals surface area contributed by atoms with Crippen molar-refractivity contribution in [2.45, 2.75) is 39.3 Å². The van der Waals surface area contributed by atoms with Gasteiger partial charge in [0, 0.05) is 11.1 Å². The van der Waals surface area contributed by atoms with Crippen molar-refractivity contribution in [2.75, 3.05) is 13.7 Å². The molecule has 2 aromatic rings. The van der Waals surface area contributed by atoms with Crippen LogP contribution in [-0.2, 0) is 0 Å². The van der Waals surface area contributed by atoms with Gasteiger partial charge in [-0.15, -0.1) is 0 Å². The number of hydrogen-bond acceptors (Lipinski definition) is 4. The van der Waals surface area contributed by atoms with Gasteiger partial charge in [-0.1, -0.05) is 37.6 Å². The van der Waals surface area contributed by atoms with Crippen LogP contribution in [0.5, 0.6) is 11.5 Å². The Hall–Kier alpha value is -2.20. The predicted octanol–water partition coefficient (Wildman–Crippen LogP) is 5.25. The molecule has 1 unspecified atom stereocenters. The van der Waals surface area contributed by atoms with Crippen LogP contribution in [0.1, 0.15) is 44.4 Å². The quantitative estimate of drug-likeness (QED) is 0.706. The lowest BCUT2D eigenvalue weighted by Gasteiger charge is -2.21. The summed E-state index contributed by atoms with van der Waals surface area (Å²) in [6.07, 6.45) is 1.03. The fourth-order valence-corrected chi connectivity index (χ4v) is 3.56. The van der Waals surface area contributed by atoms with E-state index in [4.69, 9.17) is 26.1 Å². The van der Waals surface area contributed by atoms with Crippen LogP contribution in [0, 0.1) is 5.92 Å². The molecule has 0 amide bonds. The second-order valence-corrected chi connectivity index (χ2v) is 7.59. The molecule has 5 heteroatoms. The van der Waals surface area contributed by atoms with Crippen molar-refractivity contribution in [1.29, 1.82) is 0 Å². The summed E-state index contributed by atoms with van der Waals surface area (Å²) in [6.45, 7) is 7.03. The average Bonchev–Trinajstić information content (AvgIpc) is 3.05. The zero-order chi connectivity index (χ0) is 19.4. The number of hydrogen-bond donors (Lipinski definition) is 1. The summed E-state index contributed by atoms with van der Waals surface area (Å²) < 4.78 is 11.2. The summed E-state index contributed by atoms with van der Waals surface area (Å²) in [5.41, 5.74) is 2.13. The minimum atomic E-state index is 0.0521. The van der Waals surface area contributed by atoms with Crippen LogP contribution < -0.4 is 14.8 Å². The largest absolute Gasteiger partial charge is 0.497 e. The zero-order valence-electron chi connectivity index (χ0n) is 16.3. The van der Waals surface area contributed by atoms with E-state index in [0.717, 1.165) is 34.3 Å². The van der Waals surface area contributed by atoms with Gasteiger partial charge in [0.25, 0.3) is 0 Å². The van der Waals surface area contributed by atoms with Crippen molar-refractivity contribution in [2.24, 2.45) is 10.9 Å².